The molecule has 1 aromatic rings. The number of carbonyl (C=O) groups excluding carboxylic acids is 2. The minimum atomic E-state index is -1.33. The first-order valence-electron chi connectivity index (χ1n) is 13.2. The number of hydrogen-bond acceptors (Lipinski definition) is 5. The zero-order valence-electron chi connectivity index (χ0n) is 22.8. The van der Waals surface area contributed by atoms with Gasteiger partial charge in [0.15, 0.2) is 11.6 Å². The van der Waals surface area contributed by atoms with E-state index in [2.05, 4.69) is 10.6 Å². The van der Waals surface area contributed by atoms with Gasteiger partial charge in [0.1, 0.15) is 6.67 Å². The molecule has 0 bridgehead atoms. The van der Waals surface area contributed by atoms with E-state index >= 15 is 0 Å². The molecule has 4 rings (SSSR count). The molecule has 1 aliphatic carbocycles. The number of nitrogens with one attached hydrogen (secondary N) is 2. The molecule has 1 amide bonds. The van der Waals surface area contributed by atoms with Gasteiger partial charge in [-0.3, -0.25) is 9.59 Å². The van der Waals surface area contributed by atoms with E-state index in [9.17, 15) is 27.9 Å². The minimum absolute atomic E-state index is 0.00467. The van der Waals surface area contributed by atoms with Crippen molar-refractivity contribution in [2.45, 2.75) is 87.9 Å². The van der Waals surface area contributed by atoms with Crippen molar-refractivity contribution in [1.29, 1.82) is 0 Å². The van der Waals surface area contributed by atoms with Crippen molar-refractivity contribution in [2.75, 3.05) is 6.67 Å². The lowest BCUT2D eigenvalue weighted by Gasteiger charge is -2.42. The SMILES string of the molecule is CC(/C=C\C=C(\Cl)CF)[C@H]1[C@H](C(=O)NC2CC(C)(O)C2)N[C@H](CC(C)(C)C)[C@]12C(=O)Sc1cc(F)c(F)cc12. The van der Waals surface area contributed by atoms with Crippen molar-refractivity contribution in [2.24, 2.45) is 17.3 Å². The summed E-state index contributed by atoms with van der Waals surface area (Å²) in [5.74, 6) is -3.51. The predicted molar refractivity (Wildman–Crippen MR) is 147 cm³/mol. The minimum Gasteiger partial charge on any atom is -0.390 e. The molecular weight excluding hydrogens is 549 g/mol. The first kappa shape index (κ1) is 30.2. The first-order chi connectivity index (χ1) is 18.1. The molecule has 3 aliphatic rings. The van der Waals surface area contributed by atoms with Crippen LogP contribution >= 0.6 is 23.4 Å². The Hall–Kier alpha value is -1.81. The first-order valence-corrected chi connectivity index (χ1v) is 14.4. The summed E-state index contributed by atoms with van der Waals surface area (Å²) in [5.41, 5.74) is -2.06. The van der Waals surface area contributed by atoms with Crippen LogP contribution in [0.5, 0.6) is 0 Å². The molecule has 0 radical (unpaired) electrons. The highest BCUT2D eigenvalue weighted by atomic mass is 35.5. The summed E-state index contributed by atoms with van der Waals surface area (Å²) in [6, 6.07) is 0.562. The van der Waals surface area contributed by atoms with Gasteiger partial charge in [-0.25, -0.2) is 13.2 Å². The predicted octanol–water partition coefficient (Wildman–Crippen LogP) is 5.54. The molecule has 5 nitrogen and oxygen atoms in total. The fraction of sp³-hybridized carbons (Fsp3) is 0.586. The lowest BCUT2D eigenvalue weighted by molar-refractivity contribution is -0.128. The highest BCUT2D eigenvalue weighted by molar-refractivity contribution is 8.14. The number of benzene rings is 1. The molecule has 1 spiro atoms. The Kier molecular flexibility index (Phi) is 8.41. The average Bonchev–Trinajstić information content (AvgIpc) is 3.27. The van der Waals surface area contributed by atoms with Gasteiger partial charge in [0.2, 0.25) is 11.0 Å². The Morgan fingerprint density at radius 2 is 1.95 bits per heavy atom. The van der Waals surface area contributed by atoms with Gasteiger partial charge < -0.3 is 15.7 Å². The smallest absolute Gasteiger partial charge is 0.237 e. The van der Waals surface area contributed by atoms with Gasteiger partial charge >= 0.3 is 0 Å². The molecule has 5 atom stereocenters. The van der Waals surface area contributed by atoms with Gasteiger partial charge in [0.25, 0.3) is 0 Å². The molecule has 2 heterocycles. The number of alkyl halides is 1. The Bertz CT molecular complexity index is 1210. The van der Waals surface area contributed by atoms with Crippen molar-refractivity contribution >= 4 is 34.4 Å². The summed E-state index contributed by atoms with van der Waals surface area (Å²) in [7, 11) is 0. The lowest BCUT2D eigenvalue weighted by Crippen LogP contribution is -2.57. The van der Waals surface area contributed by atoms with E-state index < -0.39 is 53.2 Å². The van der Waals surface area contributed by atoms with Crippen molar-refractivity contribution in [1.82, 2.24) is 10.6 Å². The van der Waals surface area contributed by atoms with Crippen LogP contribution in [0.1, 0.15) is 59.4 Å². The molecule has 214 valence electrons. The van der Waals surface area contributed by atoms with Crippen LogP contribution in [0.3, 0.4) is 0 Å². The van der Waals surface area contributed by atoms with Crippen molar-refractivity contribution < 1.29 is 27.9 Å². The third-order valence-electron chi connectivity index (χ3n) is 8.03. The Labute approximate surface area is 237 Å². The van der Waals surface area contributed by atoms with E-state index in [-0.39, 0.29) is 27.5 Å². The third-order valence-corrected chi connectivity index (χ3v) is 9.34. The second-order valence-corrected chi connectivity index (χ2v) is 14.1. The molecule has 2 aliphatic heterocycles. The zero-order chi connectivity index (χ0) is 28.9. The van der Waals surface area contributed by atoms with Crippen LogP contribution in [-0.4, -0.2) is 46.5 Å². The monoisotopic (exact) mass is 584 g/mol. The number of carbonyl (C=O) groups is 2. The molecule has 1 saturated carbocycles. The van der Waals surface area contributed by atoms with Crippen LogP contribution in [0, 0.1) is 28.9 Å². The van der Waals surface area contributed by atoms with Crippen LogP contribution in [0.25, 0.3) is 0 Å². The molecule has 1 aromatic carbocycles. The van der Waals surface area contributed by atoms with Crippen LogP contribution in [0.4, 0.5) is 13.2 Å². The Balaban J connectivity index is 1.84. The average molecular weight is 585 g/mol. The highest BCUT2D eigenvalue weighted by Gasteiger charge is 2.66. The van der Waals surface area contributed by atoms with Gasteiger partial charge in [0.05, 0.1) is 17.1 Å². The number of amides is 1. The molecule has 0 aromatic heterocycles. The van der Waals surface area contributed by atoms with E-state index in [1.807, 2.05) is 27.7 Å². The number of rotatable bonds is 7. The second-order valence-electron chi connectivity index (χ2n) is 12.6. The maximum atomic E-state index is 14.7. The summed E-state index contributed by atoms with van der Waals surface area (Å²) in [6.07, 6.45) is 6.08. The van der Waals surface area contributed by atoms with E-state index in [4.69, 9.17) is 11.6 Å². The Morgan fingerprint density at radius 1 is 1.31 bits per heavy atom. The maximum absolute atomic E-state index is 14.7. The molecule has 1 unspecified atom stereocenters. The van der Waals surface area contributed by atoms with Gasteiger partial charge in [-0.15, -0.1) is 0 Å². The van der Waals surface area contributed by atoms with Crippen LogP contribution in [-0.2, 0) is 15.0 Å². The van der Waals surface area contributed by atoms with Gasteiger partial charge in [-0.05, 0) is 61.3 Å². The van der Waals surface area contributed by atoms with Gasteiger partial charge in [-0.2, -0.15) is 0 Å². The molecule has 2 fully saturated rings. The molecular formula is C29H36ClF3N2O3S. The number of aliphatic hydroxyl groups is 1. The Morgan fingerprint density at radius 3 is 2.54 bits per heavy atom. The topological polar surface area (TPSA) is 78.4 Å². The fourth-order valence-corrected chi connectivity index (χ4v) is 7.84. The molecule has 1 saturated heterocycles. The summed E-state index contributed by atoms with van der Waals surface area (Å²) in [6.45, 7) is 8.80. The maximum Gasteiger partial charge on any atom is 0.237 e. The molecule has 10 heteroatoms. The molecule has 3 N–H and O–H groups in total. The fourth-order valence-electron chi connectivity index (χ4n) is 6.51. The molecule has 39 heavy (non-hydrogen) atoms. The summed E-state index contributed by atoms with van der Waals surface area (Å²) in [4.78, 5) is 28.2. The van der Waals surface area contributed by atoms with Crippen LogP contribution in [0.15, 0.2) is 40.3 Å². The van der Waals surface area contributed by atoms with Gasteiger partial charge in [-0.1, -0.05) is 63.2 Å². The van der Waals surface area contributed by atoms with Crippen LogP contribution in [0.2, 0.25) is 0 Å². The third kappa shape index (κ3) is 5.83. The highest BCUT2D eigenvalue weighted by Crippen LogP contribution is 2.59. The van der Waals surface area contributed by atoms with Crippen molar-refractivity contribution in [3.8, 4) is 0 Å². The summed E-state index contributed by atoms with van der Waals surface area (Å²) >= 11 is 6.71. The van der Waals surface area contributed by atoms with Crippen molar-refractivity contribution in [3.05, 3.63) is 52.6 Å². The number of hydrogen-bond donors (Lipinski definition) is 3. The largest absolute Gasteiger partial charge is 0.390 e. The van der Waals surface area contributed by atoms with E-state index in [0.717, 1.165) is 23.9 Å². The number of halogens is 4. The van der Waals surface area contributed by atoms with E-state index in [0.29, 0.717) is 29.7 Å². The standard InChI is InChI=1S/C29H36ClF3N2O3S/c1-15(7-6-8-16(30)14-31)23-24(25(36)34-17-11-28(5,38)12-17)35-22(13-27(2,3)4)29(23)18-9-19(32)20(33)10-21(18)39-26(29)37/h6-10,15,17,22-24,35,38H,11-14H2,1-5H3,(H,34,36)/b7-6-,16-8+/t15?,17?,22-,23+,24-,28?,29+/m1/s1. The summed E-state index contributed by atoms with van der Waals surface area (Å²) < 4.78 is 41.9. The van der Waals surface area contributed by atoms with E-state index in [1.54, 1.807) is 19.1 Å². The van der Waals surface area contributed by atoms with Gasteiger partial charge in [0, 0.05) is 27.9 Å². The lowest BCUT2D eigenvalue weighted by atomic mass is 9.61. The van der Waals surface area contributed by atoms with Crippen molar-refractivity contribution in [3.63, 3.8) is 0 Å². The number of thioether (sulfide) groups is 1. The van der Waals surface area contributed by atoms with Crippen LogP contribution < -0.4 is 10.6 Å². The number of fused-ring (bicyclic) bond motifs is 2. The summed E-state index contributed by atoms with van der Waals surface area (Å²) in [5, 5.41) is 16.3. The quantitative estimate of drug-likeness (QED) is 0.367. The second kappa shape index (κ2) is 10.9. The zero-order valence-corrected chi connectivity index (χ0v) is 24.4. The number of allylic oxidation sites excluding steroid dienone is 4. The normalized spacial score (nSPS) is 33.5. The van der Waals surface area contributed by atoms with E-state index in [1.165, 1.54) is 6.08 Å².